The van der Waals surface area contributed by atoms with Crippen molar-refractivity contribution < 1.29 is 26.5 Å². The Morgan fingerprint density at radius 1 is 1.36 bits per heavy atom. The van der Waals surface area contributed by atoms with E-state index in [0.29, 0.717) is 18.5 Å². The lowest BCUT2D eigenvalue weighted by Gasteiger charge is -2.24. The molecule has 1 saturated carbocycles. The third-order valence-corrected chi connectivity index (χ3v) is 5.60. The van der Waals surface area contributed by atoms with Crippen molar-refractivity contribution in [1.82, 2.24) is 4.90 Å². The zero-order chi connectivity index (χ0) is 19.0. The second-order valence-corrected chi connectivity index (χ2v) is 8.08. The highest BCUT2D eigenvalue weighted by Gasteiger charge is 2.47. The number of nitro groups is 1. The monoisotopic (exact) mass is 381 g/mol. The molecule has 0 aliphatic heterocycles. The molecule has 11 heteroatoms. The number of rotatable bonds is 7. The minimum absolute atomic E-state index is 0.0152. The fourth-order valence-electron chi connectivity index (χ4n) is 2.58. The Labute approximate surface area is 142 Å². The third kappa shape index (κ3) is 4.21. The molecule has 2 rings (SSSR count). The summed E-state index contributed by atoms with van der Waals surface area (Å²) < 4.78 is 60.7. The van der Waals surface area contributed by atoms with Gasteiger partial charge >= 0.3 is 5.51 Å². The van der Waals surface area contributed by atoms with E-state index in [1.54, 1.807) is 0 Å². The van der Waals surface area contributed by atoms with E-state index < -0.39 is 30.9 Å². The number of nitro benzene ring substituents is 1. The summed E-state index contributed by atoms with van der Waals surface area (Å²) in [5, 5.41) is 14.0. The van der Waals surface area contributed by atoms with E-state index in [1.165, 1.54) is 0 Å². The van der Waals surface area contributed by atoms with E-state index in [-0.39, 0.29) is 11.7 Å². The van der Waals surface area contributed by atoms with E-state index >= 15 is 0 Å². The zero-order valence-corrected chi connectivity index (χ0v) is 14.4. The molecule has 1 atom stereocenters. The highest BCUT2D eigenvalue weighted by Crippen LogP contribution is 2.37. The maximum Gasteiger partial charge on any atom is 0.501 e. The average molecular weight is 381 g/mol. The molecule has 0 radical (unpaired) electrons. The fraction of sp³-hybridized carbons (Fsp3) is 0.571. The number of alkyl halides is 3. The molecule has 1 unspecified atom stereocenters. The molecule has 1 fully saturated rings. The molecule has 140 valence electrons. The van der Waals surface area contributed by atoms with Crippen LogP contribution in [0.5, 0.6) is 0 Å². The molecule has 25 heavy (non-hydrogen) atoms. The van der Waals surface area contributed by atoms with Gasteiger partial charge < -0.3 is 10.2 Å². The van der Waals surface area contributed by atoms with Crippen molar-refractivity contribution in [3.63, 3.8) is 0 Å². The van der Waals surface area contributed by atoms with E-state index in [9.17, 15) is 31.7 Å². The molecule has 0 amide bonds. The van der Waals surface area contributed by atoms with Crippen molar-refractivity contribution in [3.05, 3.63) is 28.3 Å². The number of likely N-dealkylation sites (N-methyl/N-ethyl adjacent to an activating group) is 1. The van der Waals surface area contributed by atoms with Crippen molar-refractivity contribution >= 4 is 21.2 Å². The van der Waals surface area contributed by atoms with Gasteiger partial charge in [0.2, 0.25) is 0 Å². The molecule has 1 aliphatic carbocycles. The fourth-order valence-corrected chi connectivity index (χ4v) is 3.36. The number of hydrogen-bond donors (Lipinski definition) is 1. The zero-order valence-electron chi connectivity index (χ0n) is 13.6. The largest absolute Gasteiger partial charge is 0.501 e. The van der Waals surface area contributed by atoms with E-state index in [1.807, 2.05) is 19.0 Å². The van der Waals surface area contributed by atoms with Crippen LogP contribution in [-0.4, -0.2) is 50.4 Å². The number of benzene rings is 1. The van der Waals surface area contributed by atoms with Gasteiger partial charge in [-0.05, 0) is 45.0 Å². The molecular formula is C14H18F3N3O4S. The Morgan fingerprint density at radius 3 is 2.40 bits per heavy atom. The minimum Gasteiger partial charge on any atom is -0.378 e. The Bertz CT molecular complexity index is 759. The van der Waals surface area contributed by atoms with Gasteiger partial charge in [0, 0.05) is 18.7 Å². The first-order chi connectivity index (χ1) is 11.4. The van der Waals surface area contributed by atoms with Gasteiger partial charge in [-0.25, -0.2) is 8.42 Å². The summed E-state index contributed by atoms with van der Waals surface area (Å²) in [6.45, 7) is 0.365. The van der Waals surface area contributed by atoms with Crippen molar-refractivity contribution in [3.8, 4) is 0 Å². The van der Waals surface area contributed by atoms with Crippen LogP contribution in [0.25, 0.3) is 0 Å². The molecule has 1 N–H and O–H groups in total. The second-order valence-electron chi connectivity index (χ2n) is 6.13. The summed E-state index contributed by atoms with van der Waals surface area (Å²) in [5.41, 5.74) is -6.24. The highest BCUT2D eigenvalue weighted by atomic mass is 32.2. The lowest BCUT2D eigenvalue weighted by molar-refractivity contribution is -0.384. The summed E-state index contributed by atoms with van der Waals surface area (Å²) in [5.74, 6) is 0.464. The topological polar surface area (TPSA) is 92.6 Å². The van der Waals surface area contributed by atoms with Crippen LogP contribution in [0.1, 0.15) is 12.8 Å². The third-order valence-electron chi connectivity index (χ3n) is 4.11. The Kier molecular flexibility index (Phi) is 5.28. The maximum absolute atomic E-state index is 12.6. The first-order valence-electron chi connectivity index (χ1n) is 7.45. The number of sulfone groups is 1. The minimum atomic E-state index is -5.64. The molecule has 7 nitrogen and oxygen atoms in total. The number of anilines is 1. The first-order valence-corrected chi connectivity index (χ1v) is 8.93. The standard InChI is InChI=1S/C14H18F3N3O4S/c1-19(2)13(9-3-4-9)8-18-11-6-5-10(7-12(11)20(21)22)25(23,24)14(15,16)17/h5-7,9,13,18H,3-4,8H2,1-2H3. The second kappa shape index (κ2) is 6.79. The normalized spacial score (nSPS) is 16.7. The van der Waals surface area contributed by atoms with Crippen molar-refractivity contribution in [1.29, 1.82) is 0 Å². The van der Waals surface area contributed by atoms with Gasteiger partial charge in [0.25, 0.3) is 15.5 Å². The van der Waals surface area contributed by atoms with E-state index in [0.717, 1.165) is 25.0 Å². The van der Waals surface area contributed by atoms with Crippen LogP contribution in [0.2, 0.25) is 0 Å². The Morgan fingerprint density at radius 2 is 1.96 bits per heavy atom. The Hall–Kier alpha value is -1.88. The number of halogens is 3. The summed E-state index contributed by atoms with van der Waals surface area (Å²) in [6.07, 6.45) is 2.10. The maximum atomic E-state index is 12.6. The Balaban J connectivity index is 2.29. The van der Waals surface area contributed by atoms with Gasteiger partial charge in [0.15, 0.2) is 0 Å². The number of hydrogen-bond acceptors (Lipinski definition) is 6. The van der Waals surface area contributed by atoms with Crippen LogP contribution in [0.4, 0.5) is 24.5 Å². The van der Waals surface area contributed by atoms with Gasteiger partial charge in [-0.15, -0.1) is 0 Å². The number of nitrogens with one attached hydrogen (secondary N) is 1. The molecule has 0 spiro atoms. The predicted octanol–water partition coefficient (Wildman–Crippen LogP) is 2.64. The molecule has 1 aliphatic rings. The summed E-state index contributed by atoms with van der Waals surface area (Å²) in [7, 11) is -1.89. The van der Waals surface area contributed by atoms with Crippen LogP contribution < -0.4 is 5.32 Å². The predicted molar refractivity (Wildman–Crippen MR) is 85.0 cm³/mol. The highest BCUT2D eigenvalue weighted by molar-refractivity contribution is 7.92. The van der Waals surface area contributed by atoms with Gasteiger partial charge in [-0.1, -0.05) is 0 Å². The van der Waals surface area contributed by atoms with Gasteiger partial charge in [-0.3, -0.25) is 10.1 Å². The van der Waals surface area contributed by atoms with Gasteiger partial charge in [0.1, 0.15) is 5.69 Å². The van der Waals surface area contributed by atoms with Gasteiger partial charge in [0.05, 0.1) is 9.82 Å². The SMILES string of the molecule is CN(C)C(CNc1ccc(S(=O)(=O)C(F)(F)F)cc1[N+](=O)[O-])C1CC1. The lowest BCUT2D eigenvalue weighted by Crippen LogP contribution is -2.36. The van der Waals surface area contributed by atoms with Crippen LogP contribution in [0, 0.1) is 16.0 Å². The van der Waals surface area contributed by atoms with E-state index in [2.05, 4.69) is 5.32 Å². The lowest BCUT2D eigenvalue weighted by atomic mass is 10.1. The molecule has 0 aromatic heterocycles. The average Bonchev–Trinajstić information content (AvgIpc) is 3.30. The molecule has 1 aromatic carbocycles. The van der Waals surface area contributed by atoms with Crippen molar-refractivity contribution in [2.24, 2.45) is 5.92 Å². The molecule has 1 aromatic rings. The van der Waals surface area contributed by atoms with Gasteiger partial charge in [-0.2, -0.15) is 13.2 Å². The van der Waals surface area contributed by atoms with Crippen molar-refractivity contribution in [2.75, 3.05) is 26.0 Å². The molecule has 0 bridgehead atoms. The number of nitrogens with zero attached hydrogens (tertiary/aromatic N) is 2. The molecule has 0 heterocycles. The molecule has 0 saturated heterocycles. The molecular weight excluding hydrogens is 363 g/mol. The summed E-state index contributed by atoms with van der Waals surface area (Å²) in [6, 6.07) is 2.28. The summed E-state index contributed by atoms with van der Waals surface area (Å²) in [4.78, 5) is 11.1. The quantitative estimate of drug-likeness (QED) is 0.577. The van der Waals surface area contributed by atoms with Crippen LogP contribution in [0.3, 0.4) is 0 Å². The van der Waals surface area contributed by atoms with Crippen LogP contribution in [0.15, 0.2) is 23.1 Å². The van der Waals surface area contributed by atoms with Crippen LogP contribution in [-0.2, 0) is 9.84 Å². The smallest absolute Gasteiger partial charge is 0.378 e. The summed E-state index contributed by atoms with van der Waals surface area (Å²) >= 11 is 0. The first kappa shape index (κ1) is 19.4. The van der Waals surface area contributed by atoms with Crippen molar-refractivity contribution in [2.45, 2.75) is 29.3 Å². The van der Waals surface area contributed by atoms with E-state index in [4.69, 9.17) is 0 Å². The van der Waals surface area contributed by atoms with Crippen LogP contribution >= 0.6 is 0 Å².